The van der Waals surface area contributed by atoms with Crippen LogP contribution < -0.4 is 0 Å². The third kappa shape index (κ3) is 3.85. The fourth-order valence-electron chi connectivity index (χ4n) is 4.18. The van der Waals surface area contributed by atoms with E-state index in [0.717, 1.165) is 4.47 Å². The van der Waals surface area contributed by atoms with Crippen LogP contribution in [0, 0.1) is 0 Å². The first kappa shape index (κ1) is 19.5. The summed E-state index contributed by atoms with van der Waals surface area (Å²) < 4.78 is 1.09. The molecule has 0 amide bonds. The molecule has 0 saturated carbocycles. The van der Waals surface area contributed by atoms with Crippen LogP contribution in [-0.4, -0.2) is 0 Å². The summed E-state index contributed by atoms with van der Waals surface area (Å²) in [6, 6.07) is 45.0. The fourth-order valence-corrected chi connectivity index (χ4v) is 4.84. The smallest absolute Gasteiger partial charge is 0.0266 e. The second-order valence-corrected chi connectivity index (χ2v) is 8.35. The number of rotatable bonds is 4. The summed E-state index contributed by atoms with van der Waals surface area (Å²) in [7, 11) is 0. The first-order valence-corrected chi connectivity index (χ1v) is 11.2. The van der Waals surface area contributed by atoms with E-state index in [1.54, 1.807) is 0 Å². The van der Waals surface area contributed by atoms with Crippen molar-refractivity contribution in [3.63, 3.8) is 0 Å². The number of halogens is 1. The van der Waals surface area contributed by atoms with Crippen LogP contribution in [0.4, 0.5) is 0 Å². The molecule has 0 aliphatic heterocycles. The Morgan fingerprint density at radius 2 is 0.710 bits per heavy atom. The third-order valence-electron chi connectivity index (χ3n) is 5.55. The Hall–Kier alpha value is -3.42. The van der Waals surface area contributed by atoms with Crippen molar-refractivity contribution >= 4 is 15.9 Å². The maximum absolute atomic E-state index is 3.94. The molecule has 1 heteroatoms. The molecule has 0 radical (unpaired) electrons. The topological polar surface area (TPSA) is 0 Å². The van der Waals surface area contributed by atoms with Crippen LogP contribution in [0.25, 0.3) is 44.5 Å². The zero-order valence-corrected chi connectivity index (χ0v) is 18.6. The molecule has 31 heavy (non-hydrogen) atoms. The molecule has 148 valence electrons. The third-order valence-corrected chi connectivity index (χ3v) is 6.18. The van der Waals surface area contributed by atoms with E-state index >= 15 is 0 Å². The van der Waals surface area contributed by atoms with E-state index < -0.39 is 0 Å². The quantitative estimate of drug-likeness (QED) is 0.250. The van der Waals surface area contributed by atoms with Gasteiger partial charge in [0.15, 0.2) is 0 Å². The molecule has 5 aromatic carbocycles. The second-order valence-electron chi connectivity index (χ2n) is 7.50. The minimum atomic E-state index is 1.09. The maximum atomic E-state index is 3.94. The Morgan fingerprint density at radius 3 is 1.16 bits per heavy atom. The van der Waals surface area contributed by atoms with Crippen LogP contribution in [0.3, 0.4) is 0 Å². The van der Waals surface area contributed by atoms with Gasteiger partial charge in [0.05, 0.1) is 0 Å². The molecule has 0 aliphatic carbocycles. The predicted octanol–water partition coefficient (Wildman–Crippen LogP) is 9.12. The van der Waals surface area contributed by atoms with E-state index in [0.29, 0.717) is 0 Å². The van der Waals surface area contributed by atoms with Gasteiger partial charge in [-0.25, -0.2) is 0 Å². The summed E-state index contributed by atoms with van der Waals surface area (Å²) in [5.74, 6) is 0. The average molecular weight is 461 g/mol. The van der Waals surface area contributed by atoms with E-state index in [-0.39, 0.29) is 0 Å². The molecule has 0 spiro atoms. The van der Waals surface area contributed by atoms with Gasteiger partial charge in [-0.3, -0.25) is 0 Å². The van der Waals surface area contributed by atoms with Crippen LogP contribution in [0.2, 0.25) is 0 Å². The molecule has 5 rings (SSSR count). The largest absolute Gasteiger partial charge is 0.0622 e. The highest BCUT2D eigenvalue weighted by atomic mass is 79.9. The van der Waals surface area contributed by atoms with Gasteiger partial charge < -0.3 is 0 Å². The van der Waals surface area contributed by atoms with E-state index in [1.807, 2.05) is 0 Å². The first-order chi connectivity index (χ1) is 15.3. The fraction of sp³-hybridized carbons (Fsp3) is 0. The zero-order valence-electron chi connectivity index (χ0n) is 17.0. The molecule has 0 nitrogen and oxygen atoms in total. The normalized spacial score (nSPS) is 10.7. The average Bonchev–Trinajstić information content (AvgIpc) is 2.85. The minimum Gasteiger partial charge on any atom is -0.0622 e. The maximum Gasteiger partial charge on any atom is 0.0266 e. The predicted molar refractivity (Wildman–Crippen MR) is 136 cm³/mol. The van der Waals surface area contributed by atoms with Crippen molar-refractivity contribution in [1.82, 2.24) is 0 Å². The number of hydrogen-bond donors (Lipinski definition) is 0. The molecule has 0 aliphatic rings. The van der Waals surface area contributed by atoms with Crippen molar-refractivity contribution in [1.29, 1.82) is 0 Å². The molecule has 5 aromatic rings. The number of hydrogen-bond acceptors (Lipinski definition) is 0. The van der Waals surface area contributed by atoms with Crippen molar-refractivity contribution in [2.24, 2.45) is 0 Å². The highest BCUT2D eigenvalue weighted by molar-refractivity contribution is 9.10. The molecule has 0 aromatic heterocycles. The highest BCUT2D eigenvalue weighted by Gasteiger charge is 2.21. The summed E-state index contributed by atoms with van der Waals surface area (Å²) in [5.41, 5.74) is 9.75. The van der Waals surface area contributed by atoms with Crippen LogP contribution in [0.5, 0.6) is 0 Å². The lowest BCUT2D eigenvalue weighted by atomic mass is 9.83. The molecule has 0 unspecified atom stereocenters. The van der Waals surface area contributed by atoms with E-state index in [1.165, 1.54) is 44.5 Å². The zero-order chi connectivity index (χ0) is 21.0. The van der Waals surface area contributed by atoms with Crippen molar-refractivity contribution in [2.75, 3.05) is 0 Å². The molecule has 0 atom stereocenters. The molecular formula is C30H21Br. The van der Waals surface area contributed by atoms with Gasteiger partial charge >= 0.3 is 0 Å². The first-order valence-electron chi connectivity index (χ1n) is 10.4. The van der Waals surface area contributed by atoms with E-state index in [4.69, 9.17) is 0 Å². The minimum absolute atomic E-state index is 1.09. The summed E-state index contributed by atoms with van der Waals surface area (Å²) >= 11 is 3.94. The SMILES string of the molecule is Brc1cc(-c2ccccc2)c(-c2ccccc2)c(-c2ccccc2)c1-c1ccccc1. The van der Waals surface area contributed by atoms with Crippen LogP contribution in [-0.2, 0) is 0 Å². The van der Waals surface area contributed by atoms with Crippen molar-refractivity contribution < 1.29 is 0 Å². The lowest BCUT2D eigenvalue weighted by Gasteiger charge is -2.22. The number of benzene rings is 5. The van der Waals surface area contributed by atoms with Gasteiger partial charge in [-0.1, -0.05) is 137 Å². The van der Waals surface area contributed by atoms with Crippen LogP contribution in [0.1, 0.15) is 0 Å². The Labute approximate surface area is 192 Å². The van der Waals surface area contributed by atoms with Gasteiger partial charge in [-0.2, -0.15) is 0 Å². The van der Waals surface area contributed by atoms with E-state index in [9.17, 15) is 0 Å². The lowest BCUT2D eigenvalue weighted by Crippen LogP contribution is -1.96. The summed E-state index contributed by atoms with van der Waals surface area (Å²) in [4.78, 5) is 0. The Kier molecular flexibility index (Phi) is 5.52. The molecule has 0 fully saturated rings. The highest BCUT2D eigenvalue weighted by Crippen LogP contribution is 2.48. The summed E-state index contributed by atoms with van der Waals surface area (Å²) in [5, 5.41) is 0. The van der Waals surface area contributed by atoms with Crippen LogP contribution in [0.15, 0.2) is 132 Å². The van der Waals surface area contributed by atoms with E-state index in [2.05, 4.69) is 143 Å². The molecule has 0 bridgehead atoms. The van der Waals surface area contributed by atoms with Gasteiger partial charge in [0.1, 0.15) is 0 Å². The Morgan fingerprint density at radius 1 is 0.355 bits per heavy atom. The van der Waals surface area contributed by atoms with Gasteiger partial charge in [0, 0.05) is 10.0 Å². The Bertz CT molecular complexity index is 1290. The van der Waals surface area contributed by atoms with Gasteiger partial charge in [0.25, 0.3) is 0 Å². The van der Waals surface area contributed by atoms with Crippen molar-refractivity contribution in [2.45, 2.75) is 0 Å². The molecule has 0 N–H and O–H groups in total. The van der Waals surface area contributed by atoms with Crippen molar-refractivity contribution in [3.8, 4) is 44.5 Å². The second kappa shape index (κ2) is 8.75. The standard InChI is InChI=1S/C30H21Br/c31-27-21-26(22-13-5-1-6-14-22)28(23-15-7-2-8-16-23)30(25-19-11-4-12-20-25)29(27)24-17-9-3-10-18-24/h1-21H. The van der Waals surface area contributed by atoms with Gasteiger partial charge in [-0.15, -0.1) is 0 Å². The molecular weight excluding hydrogens is 440 g/mol. The summed E-state index contributed by atoms with van der Waals surface area (Å²) in [6.07, 6.45) is 0. The van der Waals surface area contributed by atoms with Crippen LogP contribution >= 0.6 is 15.9 Å². The monoisotopic (exact) mass is 460 g/mol. The lowest BCUT2D eigenvalue weighted by molar-refractivity contribution is 1.52. The summed E-state index contributed by atoms with van der Waals surface area (Å²) in [6.45, 7) is 0. The van der Waals surface area contributed by atoms with Crippen molar-refractivity contribution in [3.05, 3.63) is 132 Å². The molecule has 0 saturated heterocycles. The Balaban J connectivity index is 1.95. The molecule has 0 heterocycles. The van der Waals surface area contributed by atoms with Gasteiger partial charge in [0.2, 0.25) is 0 Å². The van der Waals surface area contributed by atoms with Gasteiger partial charge in [-0.05, 0) is 45.0 Å².